The Labute approximate surface area is 129 Å². The third kappa shape index (κ3) is 2.28. The van der Waals surface area contributed by atoms with E-state index < -0.39 is 10.0 Å². The Hall–Kier alpha value is -2.58. The van der Waals surface area contributed by atoms with Gasteiger partial charge in [0, 0.05) is 11.6 Å². The molecule has 0 aliphatic heterocycles. The Bertz CT molecular complexity index is 978. The third-order valence-electron chi connectivity index (χ3n) is 3.59. The highest BCUT2D eigenvalue weighted by Crippen LogP contribution is 2.26. The summed E-state index contributed by atoms with van der Waals surface area (Å²) in [6.45, 7) is 9.11. The molecule has 0 N–H and O–H groups in total. The molecule has 22 heavy (non-hydrogen) atoms. The monoisotopic (exact) mass is 310 g/mol. The molecule has 0 atom stereocenters. The van der Waals surface area contributed by atoms with Gasteiger partial charge in [0.1, 0.15) is 0 Å². The first-order valence-corrected chi connectivity index (χ1v) is 8.22. The Morgan fingerprint density at radius 1 is 1.09 bits per heavy atom. The Kier molecular flexibility index (Phi) is 3.47. The molecule has 0 saturated heterocycles. The predicted octanol–water partition coefficient (Wildman–Crippen LogP) is 3.61. The Morgan fingerprint density at radius 2 is 1.77 bits per heavy atom. The van der Waals surface area contributed by atoms with Crippen molar-refractivity contribution in [3.8, 4) is 0 Å². The first kappa shape index (κ1) is 14.4. The van der Waals surface area contributed by atoms with Crippen LogP contribution in [0.2, 0.25) is 0 Å². The molecule has 4 nitrogen and oxygen atoms in total. The second-order valence-electron chi connectivity index (χ2n) is 5.10. The van der Waals surface area contributed by atoms with Gasteiger partial charge in [-0.05, 0) is 25.1 Å². The van der Waals surface area contributed by atoms with E-state index in [9.17, 15) is 8.42 Å². The summed E-state index contributed by atoms with van der Waals surface area (Å²) in [5.74, 6) is 0. The minimum atomic E-state index is -3.67. The third-order valence-corrected chi connectivity index (χ3v) is 5.28. The lowest BCUT2D eigenvalue weighted by atomic mass is 10.2. The van der Waals surface area contributed by atoms with Crippen LogP contribution in [0.1, 0.15) is 11.1 Å². The van der Waals surface area contributed by atoms with Gasteiger partial charge in [-0.3, -0.25) is 0 Å². The van der Waals surface area contributed by atoms with Crippen LogP contribution in [0.15, 0.2) is 59.6 Å². The zero-order chi connectivity index (χ0) is 15.7. The highest BCUT2D eigenvalue weighted by Gasteiger charge is 2.21. The van der Waals surface area contributed by atoms with Crippen LogP contribution in [-0.4, -0.2) is 12.4 Å². The highest BCUT2D eigenvalue weighted by atomic mass is 32.2. The van der Waals surface area contributed by atoms with Gasteiger partial charge in [-0.15, -0.1) is 0 Å². The average molecular weight is 310 g/mol. The second-order valence-corrected chi connectivity index (χ2v) is 6.92. The molecule has 1 heterocycles. The number of nitrogens with zero attached hydrogens (tertiary/aromatic N) is 2. The molecule has 5 heteroatoms. The van der Waals surface area contributed by atoms with Crippen molar-refractivity contribution < 1.29 is 8.42 Å². The van der Waals surface area contributed by atoms with Gasteiger partial charge in [0.05, 0.1) is 16.0 Å². The van der Waals surface area contributed by atoms with Crippen LogP contribution in [0.3, 0.4) is 0 Å². The first-order valence-electron chi connectivity index (χ1n) is 6.78. The predicted molar refractivity (Wildman–Crippen MR) is 86.0 cm³/mol. The first-order chi connectivity index (χ1) is 10.5. The molecule has 0 saturated carbocycles. The van der Waals surface area contributed by atoms with Crippen LogP contribution in [0.25, 0.3) is 15.7 Å². The summed E-state index contributed by atoms with van der Waals surface area (Å²) in [4.78, 5) is 3.62. The summed E-state index contributed by atoms with van der Waals surface area (Å²) in [6, 6.07) is 14.0. The number of aryl methyl sites for hydroxylation is 1. The van der Waals surface area contributed by atoms with E-state index in [4.69, 9.17) is 6.57 Å². The van der Waals surface area contributed by atoms with E-state index in [0.717, 1.165) is 16.5 Å². The molecular weight excluding hydrogens is 296 g/mol. The standard InChI is InChI=1S/C17H14N2O2S/c1-13-7-9-15(10-8-13)22(20,21)19-12-14(11-18-2)16-5-3-4-6-17(16)19/h3-10,12H,11H2,1H3. The number of para-hydroxylation sites is 1. The zero-order valence-electron chi connectivity index (χ0n) is 12.0. The van der Waals surface area contributed by atoms with Crippen molar-refractivity contribution in [1.82, 2.24) is 3.97 Å². The molecule has 0 spiro atoms. The van der Waals surface area contributed by atoms with Crippen LogP contribution in [0.4, 0.5) is 0 Å². The van der Waals surface area contributed by atoms with E-state index >= 15 is 0 Å². The molecule has 1 aromatic heterocycles. The van der Waals surface area contributed by atoms with Crippen LogP contribution in [0.5, 0.6) is 0 Å². The van der Waals surface area contributed by atoms with Crippen molar-refractivity contribution in [2.75, 3.05) is 0 Å². The molecule has 0 bridgehead atoms. The lowest BCUT2D eigenvalue weighted by Gasteiger charge is -2.07. The number of benzene rings is 2. The van der Waals surface area contributed by atoms with Crippen LogP contribution in [-0.2, 0) is 16.6 Å². The van der Waals surface area contributed by atoms with Crippen LogP contribution >= 0.6 is 0 Å². The van der Waals surface area contributed by atoms with E-state index in [-0.39, 0.29) is 11.4 Å². The molecular formula is C17H14N2O2S. The van der Waals surface area contributed by atoms with Gasteiger partial charge >= 0.3 is 0 Å². The number of fused-ring (bicyclic) bond motifs is 1. The van der Waals surface area contributed by atoms with E-state index in [0.29, 0.717) is 5.52 Å². The van der Waals surface area contributed by atoms with Gasteiger partial charge in [0.15, 0.2) is 0 Å². The molecule has 3 rings (SSSR count). The lowest BCUT2D eigenvalue weighted by Crippen LogP contribution is -2.11. The second kappa shape index (κ2) is 5.32. The topological polar surface area (TPSA) is 43.4 Å². The smallest absolute Gasteiger partial charge is 0.268 e. The van der Waals surface area contributed by atoms with Crippen molar-refractivity contribution in [3.63, 3.8) is 0 Å². The maximum Gasteiger partial charge on any atom is 0.268 e. The summed E-state index contributed by atoms with van der Waals surface area (Å²) >= 11 is 0. The number of hydrogen-bond acceptors (Lipinski definition) is 2. The Morgan fingerprint density at radius 3 is 2.45 bits per heavy atom. The molecule has 2 aromatic carbocycles. The Balaban J connectivity index is 2.25. The van der Waals surface area contributed by atoms with Crippen LogP contribution in [0, 0.1) is 13.5 Å². The van der Waals surface area contributed by atoms with Gasteiger partial charge in [0.25, 0.3) is 10.0 Å². The van der Waals surface area contributed by atoms with Crippen molar-refractivity contribution >= 4 is 20.9 Å². The number of hydrogen-bond donors (Lipinski definition) is 0. The largest absolute Gasteiger partial charge is 0.312 e. The summed E-state index contributed by atoms with van der Waals surface area (Å²) in [7, 11) is -3.67. The fourth-order valence-electron chi connectivity index (χ4n) is 2.45. The minimum absolute atomic E-state index is 0.164. The van der Waals surface area contributed by atoms with Crippen molar-refractivity contribution in [1.29, 1.82) is 0 Å². The molecule has 0 fully saturated rings. The van der Waals surface area contributed by atoms with Gasteiger partial charge in [0.2, 0.25) is 6.54 Å². The van der Waals surface area contributed by atoms with Gasteiger partial charge in [-0.25, -0.2) is 19.0 Å². The number of aromatic nitrogens is 1. The number of rotatable bonds is 3. The summed E-state index contributed by atoms with van der Waals surface area (Å²) in [5.41, 5.74) is 2.33. The summed E-state index contributed by atoms with van der Waals surface area (Å²) in [6.07, 6.45) is 1.55. The summed E-state index contributed by atoms with van der Waals surface area (Å²) in [5, 5.41) is 0.800. The maximum absolute atomic E-state index is 12.9. The lowest BCUT2D eigenvalue weighted by molar-refractivity contribution is 0.589. The van der Waals surface area contributed by atoms with E-state index in [1.54, 1.807) is 42.6 Å². The maximum atomic E-state index is 12.9. The molecule has 0 aliphatic rings. The van der Waals surface area contributed by atoms with Crippen LogP contribution < -0.4 is 0 Å². The molecule has 0 amide bonds. The fraction of sp³-hybridized carbons (Fsp3) is 0.118. The van der Waals surface area contributed by atoms with E-state index in [1.165, 1.54) is 3.97 Å². The van der Waals surface area contributed by atoms with E-state index in [2.05, 4.69) is 4.85 Å². The molecule has 3 aromatic rings. The van der Waals surface area contributed by atoms with E-state index in [1.807, 2.05) is 19.1 Å². The molecule has 0 aliphatic carbocycles. The van der Waals surface area contributed by atoms with Gasteiger partial charge in [-0.2, -0.15) is 0 Å². The van der Waals surface area contributed by atoms with Crippen molar-refractivity contribution in [2.24, 2.45) is 0 Å². The quantitative estimate of drug-likeness (QED) is 0.694. The molecule has 0 radical (unpaired) electrons. The molecule has 0 unspecified atom stereocenters. The highest BCUT2D eigenvalue weighted by molar-refractivity contribution is 7.90. The van der Waals surface area contributed by atoms with Gasteiger partial charge < -0.3 is 4.85 Å². The average Bonchev–Trinajstić information content (AvgIpc) is 2.88. The molecule has 110 valence electrons. The minimum Gasteiger partial charge on any atom is -0.312 e. The van der Waals surface area contributed by atoms with Crippen molar-refractivity contribution in [2.45, 2.75) is 18.4 Å². The van der Waals surface area contributed by atoms with Crippen molar-refractivity contribution in [3.05, 3.63) is 77.3 Å². The summed E-state index contributed by atoms with van der Waals surface area (Å²) < 4.78 is 27.0. The fourth-order valence-corrected chi connectivity index (χ4v) is 3.84. The SMILES string of the molecule is [C-]#[N+]Cc1cn(S(=O)(=O)c2ccc(C)cc2)c2ccccc12. The van der Waals surface area contributed by atoms with Gasteiger partial charge in [-0.1, -0.05) is 35.9 Å². The zero-order valence-corrected chi connectivity index (χ0v) is 12.8. The normalized spacial score (nSPS) is 11.5.